The number of aryl methyl sites for hydroxylation is 1. The Labute approximate surface area is 138 Å². The molecule has 1 aromatic carbocycles. The molecule has 1 heterocycles. The summed E-state index contributed by atoms with van der Waals surface area (Å²) in [4.78, 5) is 12.4. The number of ether oxygens (including phenoxy) is 1. The smallest absolute Gasteiger partial charge is 0.202 e. The summed E-state index contributed by atoms with van der Waals surface area (Å²) in [5.41, 5.74) is 3.05. The first-order valence-corrected chi connectivity index (χ1v) is 8.24. The molecule has 110 valence electrons. The van der Waals surface area contributed by atoms with Crippen molar-refractivity contribution in [2.24, 2.45) is 0 Å². The molecule has 0 spiro atoms. The van der Waals surface area contributed by atoms with Gasteiger partial charge in [0.2, 0.25) is 5.78 Å². The fourth-order valence-electron chi connectivity index (χ4n) is 2.71. The van der Waals surface area contributed by atoms with Crippen LogP contribution in [0.4, 0.5) is 0 Å². The first-order valence-electron chi connectivity index (χ1n) is 7.16. The largest absolute Gasteiger partial charge is 0.485 e. The van der Waals surface area contributed by atoms with Gasteiger partial charge in [0.1, 0.15) is 5.75 Å². The fraction of sp³-hybridized carbons (Fsp3) is 0.353. The zero-order valence-electron chi connectivity index (χ0n) is 12.2. The second kappa shape index (κ2) is 5.83. The molecule has 0 atom stereocenters. The van der Waals surface area contributed by atoms with Crippen molar-refractivity contribution in [1.29, 1.82) is 0 Å². The highest BCUT2D eigenvalue weighted by atomic mass is 127. The topological polar surface area (TPSA) is 31.2 Å². The average Bonchev–Trinajstić information content (AvgIpc) is 3.24. The summed E-state index contributed by atoms with van der Waals surface area (Å²) >= 11 is 2.24. The van der Waals surface area contributed by atoms with Crippen molar-refractivity contribution in [2.45, 2.75) is 32.7 Å². The van der Waals surface area contributed by atoms with Crippen LogP contribution >= 0.6 is 22.6 Å². The van der Waals surface area contributed by atoms with Crippen molar-refractivity contribution in [1.82, 2.24) is 4.57 Å². The van der Waals surface area contributed by atoms with E-state index in [-0.39, 0.29) is 12.4 Å². The maximum atomic E-state index is 12.4. The fourth-order valence-corrected chi connectivity index (χ4v) is 3.07. The zero-order chi connectivity index (χ0) is 15.0. The van der Waals surface area contributed by atoms with Crippen LogP contribution in [0.2, 0.25) is 0 Å². The predicted molar refractivity (Wildman–Crippen MR) is 91.2 cm³/mol. The SMILES string of the molecule is Cc1cc(C(=O)COc2ccc(I)cc2)c(C)n1C1CC1. The minimum Gasteiger partial charge on any atom is -0.485 e. The molecule has 1 fully saturated rings. The number of ketones is 1. The van der Waals surface area contributed by atoms with E-state index in [0.717, 1.165) is 20.6 Å². The van der Waals surface area contributed by atoms with Gasteiger partial charge in [-0.1, -0.05) is 0 Å². The van der Waals surface area contributed by atoms with E-state index in [9.17, 15) is 4.79 Å². The molecule has 3 rings (SSSR count). The van der Waals surface area contributed by atoms with Crippen molar-refractivity contribution in [3.05, 3.63) is 50.9 Å². The van der Waals surface area contributed by atoms with Gasteiger partial charge in [-0.3, -0.25) is 4.79 Å². The number of Topliss-reactive ketones (excluding diaryl/α,β-unsaturated/α-hetero) is 1. The van der Waals surface area contributed by atoms with Gasteiger partial charge in [-0.15, -0.1) is 0 Å². The number of hydrogen-bond donors (Lipinski definition) is 0. The summed E-state index contributed by atoms with van der Waals surface area (Å²) in [5, 5.41) is 0. The minimum atomic E-state index is 0.0496. The highest BCUT2D eigenvalue weighted by molar-refractivity contribution is 14.1. The summed E-state index contributed by atoms with van der Waals surface area (Å²) in [5.74, 6) is 0.785. The van der Waals surface area contributed by atoms with Crippen molar-refractivity contribution < 1.29 is 9.53 Å². The van der Waals surface area contributed by atoms with Crippen LogP contribution in [0.25, 0.3) is 0 Å². The highest BCUT2D eigenvalue weighted by Gasteiger charge is 2.28. The van der Waals surface area contributed by atoms with E-state index in [1.54, 1.807) is 0 Å². The van der Waals surface area contributed by atoms with Crippen molar-refractivity contribution in [3.63, 3.8) is 0 Å². The van der Waals surface area contributed by atoms with Crippen molar-refractivity contribution in [2.75, 3.05) is 6.61 Å². The number of halogens is 1. The van der Waals surface area contributed by atoms with Gasteiger partial charge in [-0.05, 0) is 79.6 Å². The molecule has 0 amide bonds. The van der Waals surface area contributed by atoms with Crippen molar-refractivity contribution in [3.8, 4) is 5.75 Å². The molecule has 0 saturated heterocycles. The third kappa shape index (κ3) is 3.15. The Balaban J connectivity index is 1.71. The maximum Gasteiger partial charge on any atom is 0.202 e. The zero-order valence-corrected chi connectivity index (χ0v) is 14.4. The molecule has 3 nitrogen and oxygen atoms in total. The van der Waals surface area contributed by atoms with Crippen LogP contribution in [0.15, 0.2) is 30.3 Å². The van der Waals surface area contributed by atoms with Crippen LogP contribution in [0.5, 0.6) is 5.75 Å². The Bertz CT molecular complexity index is 669. The standard InChI is InChI=1S/C17H18INO2/c1-11-9-16(12(2)19(11)14-5-6-14)17(20)10-21-15-7-3-13(18)4-8-15/h3-4,7-9,14H,5-6,10H2,1-2H3. The van der Waals surface area contributed by atoms with E-state index in [1.807, 2.05) is 37.3 Å². The van der Waals surface area contributed by atoms with Gasteiger partial charge in [0.15, 0.2) is 6.61 Å². The number of hydrogen-bond acceptors (Lipinski definition) is 2. The third-order valence-electron chi connectivity index (χ3n) is 3.88. The van der Waals surface area contributed by atoms with Gasteiger partial charge >= 0.3 is 0 Å². The summed E-state index contributed by atoms with van der Waals surface area (Å²) in [6.45, 7) is 4.20. The monoisotopic (exact) mass is 395 g/mol. The minimum absolute atomic E-state index is 0.0496. The molecule has 0 N–H and O–H groups in total. The Morgan fingerprint density at radius 2 is 1.95 bits per heavy atom. The maximum absolute atomic E-state index is 12.4. The van der Waals surface area contributed by atoms with Crippen molar-refractivity contribution >= 4 is 28.4 Å². The summed E-state index contributed by atoms with van der Waals surface area (Å²) in [6.07, 6.45) is 2.45. The molecule has 1 aromatic heterocycles. The van der Waals surface area contributed by atoms with Crippen LogP contribution in [0, 0.1) is 17.4 Å². The van der Waals surface area contributed by atoms with Gasteiger partial charge in [0.05, 0.1) is 0 Å². The lowest BCUT2D eigenvalue weighted by molar-refractivity contribution is 0.0921. The molecule has 2 aromatic rings. The average molecular weight is 395 g/mol. The number of rotatable bonds is 5. The highest BCUT2D eigenvalue weighted by Crippen LogP contribution is 2.38. The van der Waals surface area contributed by atoms with Crippen LogP contribution in [0.1, 0.15) is 40.6 Å². The van der Waals surface area contributed by atoms with Gasteiger partial charge in [0.25, 0.3) is 0 Å². The third-order valence-corrected chi connectivity index (χ3v) is 4.60. The molecule has 21 heavy (non-hydrogen) atoms. The number of carbonyl (C=O) groups excluding carboxylic acids is 1. The summed E-state index contributed by atoms with van der Waals surface area (Å²) in [7, 11) is 0. The first kappa shape index (κ1) is 14.6. The van der Waals surface area contributed by atoms with Gasteiger partial charge in [0, 0.05) is 26.6 Å². The molecular weight excluding hydrogens is 377 g/mol. The number of aromatic nitrogens is 1. The Hall–Kier alpha value is -1.30. The van der Waals surface area contributed by atoms with Gasteiger partial charge < -0.3 is 9.30 Å². The lowest BCUT2D eigenvalue weighted by Crippen LogP contribution is -2.12. The molecule has 4 heteroatoms. The molecule has 1 aliphatic rings. The van der Waals surface area contributed by atoms with E-state index in [0.29, 0.717) is 6.04 Å². The van der Waals surface area contributed by atoms with Gasteiger partial charge in [-0.2, -0.15) is 0 Å². The van der Waals surface area contributed by atoms with Crippen LogP contribution in [-0.2, 0) is 0 Å². The molecule has 0 unspecified atom stereocenters. The Kier molecular flexibility index (Phi) is 4.06. The Morgan fingerprint density at radius 1 is 1.29 bits per heavy atom. The van der Waals surface area contributed by atoms with Crippen LogP contribution in [0.3, 0.4) is 0 Å². The normalized spacial score (nSPS) is 14.2. The van der Waals surface area contributed by atoms with E-state index in [4.69, 9.17) is 4.74 Å². The van der Waals surface area contributed by atoms with E-state index >= 15 is 0 Å². The number of carbonyl (C=O) groups is 1. The molecule has 0 radical (unpaired) electrons. The molecule has 0 aliphatic heterocycles. The summed E-state index contributed by atoms with van der Waals surface area (Å²) in [6, 6.07) is 10.3. The van der Waals surface area contributed by atoms with Gasteiger partial charge in [-0.25, -0.2) is 0 Å². The second-order valence-corrected chi connectivity index (χ2v) is 6.80. The molecule has 1 saturated carbocycles. The molecular formula is C17H18INO2. The van der Waals surface area contributed by atoms with E-state index < -0.39 is 0 Å². The molecule has 1 aliphatic carbocycles. The quantitative estimate of drug-likeness (QED) is 0.558. The molecule has 0 bridgehead atoms. The lowest BCUT2D eigenvalue weighted by atomic mass is 10.1. The Morgan fingerprint density at radius 3 is 2.57 bits per heavy atom. The van der Waals surface area contributed by atoms with Crippen LogP contribution in [-0.4, -0.2) is 17.0 Å². The summed E-state index contributed by atoms with van der Waals surface area (Å²) < 4.78 is 9.04. The van der Waals surface area contributed by atoms with E-state index in [1.165, 1.54) is 18.5 Å². The number of benzene rings is 1. The van der Waals surface area contributed by atoms with Crippen LogP contribution < -0.4 is 4.74 Å². The first-order chi connectivity index (χ1) is 10.1. The predicted octanol–water partition coefficient (Wildman–Crippen LogP) is 4.31. The van der Waals surface area contributed by atoms with E-state index in [2.05, 4.69) is 34.1 Å². The lowest BCUT2D eigenvalue weighted by Gasteiger charge is -2.08. The second-order valence-electron chi connectivity index (χ2n) is 5.55. The number of nitrogens with zero attached hydrogens (tertiary/aromatic N) is 1.